The quantitative estimate of drug-likeness (QED) is 0.237. The molecule has 1 heterocycles. The van der Waals surface area contributed by atoms with Crippen molar-refractivity contribution in [3.63, 3.8) is 0 Å². The first kappa shape index (κ1) is 20.9. The maximum Gasteiger partial charge on any atom is 0.363 e. The van der Waals surface area contributed by atoms with E-state index in [2.05, 4.69) is 4.99 Å². The normalized spacial score (nSPS) is 14.2. The van der Waals surface area contributed by atoms with Crippen LogP contribution in [0, 0.1) is 22.9 Å². The number of rotatable bonds is 6. The van der Waals surface area contributed by atoms with Gasteiger partial charge in [-0.05, 0) is 54.5 Å². The van der Waals surface area contributed by atoms with Crippen molar-refractivity contribution >= 4 is 23.6 Å². The first-order valence-corrected chi connectivity index (χ1v) is 9.64. The number of nitro benzene ring substituents is 1. The third kappa shape index (κ3) is 4.70. The smallest absolute Gasteiger partial charge is 0.363 e. The summed E-state index contributed by atoms with van der Waals surface area (Å²) in [5.74, 6) is -0.368. The molecule has 0 unspecified atom stereocenters. The molecule has 0 aromatic heterocycles. The summed E-state index contributed by atoms with van der Waals surface area (Å²) in [6, 6.07) is 17.6. The Labute approximate surface area is 182 Å². The van der Waals surface area contributed by atoms with Gasteiger partial charge in [0.2, 0.25) is 5.90 Å². The van der Waals surface area contributed by atoms with E-state index in [0.29, 0.717) is 28.0 Å². The van der Waals surface area contributed by atoms with Gasteiger partial charge in [0, 0.05) is 17.2 Å². The zero-order valence-corrected chi connectivity index (χ0v) is 16.9. The van der Waals surface area contributed by atoms with E-state index < -0.39 is 10.9 Å². The average Bonchev–Trinajstić information content (AvgIpc) is 3.13. The number of carbonyl (C=O) groups is 1. The van der Waals surface area contributed by atoms with Crippen LogP contribution in [0.4, 0.5) is 10.1 Å². The second-order valence-corrected chi connectivity index (χ2v) is 7.08. The first-order valence-electron chi connectivity index (χ1n) is 9.64. The fourth-order valence-electron chi connectivity index (χ4n) is 3.08. The predicted molar refractivity (Wildman–Crippen MR) is 116 cm³/mol. The van der Waals surface area contributed by atoms with Crippen molar-refractivity contribution in [1.29, 1.82) is 0 Å². The lowest BCUT2D eigenvalue weighted by Gasteiger charge is -2.06. The lowest BCUT2D eigenvalue weighted by Crippen LogP contribution is -2.06. The van der Waals surface area contributed by atoms with E-state index in [9.17, 15) is 19.3 Å². The van der Waals surface area contributed by atoms with Crippen LogP contribution in [0.2, 0.25) is 0 Å². The van der Waals surface area contributed by atoms with Crippen molar-refractivity contribution in [2.24, 2.45) is 4.99 Å². The maximum atomic E-state index is 13.2. The van der Waals surface area contributed by atoms with Gasteiger partial charge in [0.15, 0.2) is 5.70 Å². The van der Waals surface area contributed by atoms with Crippen LogP contribution in [0.1, 0.15) is 22.3 Å². The highest BCUT2D eigenvalue weighted by Gasteiger charge is 2.25. The van der Waals surface area contributed by atoms with Gasteiger partial charge in [0.05, 0.1) is 4.92 Å². The fourth-order valence-corrected chi connectivity index (χ4v) is 3.08. The number of hydrogen-bond acceptors (Lipinski definition) is 6. The second kappa shape index (κ2) is 8.81. The van der Waals surface area contributed by atoms with Crippen LogP contribution in [0.3, 0.4) is 0 Å². The highest BCUT2D eigenvalue weighted by Crippen LogP contribution is 2.24. The summed E-state index contributed by atoms with van der Waals surface area (Å²) >= 11 is 0. The zero-order valence-electron chi connectivity index (χ0n) is 16.9. The lowest BCUT2D eigenvalue weighted by atomic mass is 10.1. The third-order valence-electron chi connectivity index (χ3n) is 4.75. The zero-order chi connectivity index (χ0) is 22.7. The maximum absolute atomic E-state index is 13.2. The molecule has 7 nitrogen and oxygen atoms in total. The minimum Gasteiger partial charge on any atom is -0.489 e. The molecule has 0 atom stereocenters. The second-order valence-electron chi connectivity index (χ2n) is 7.08. The molecule has 3 aromatic carbocycles. The fraction of sp³-hybridized carbons (Fsp3) is 0.0833. The Balaban J connectivity index is 1.48. The first-order chi connectivity index (χ1) is 15.4. The van der Waals surface area contributed by atoms with Crippen molar-refractivity contribution in [3.8, 4) is 5.75 Å². The number of esters is 1. The van der Waals surface area contributed by atoms with Crippen LogP contribution in [-0.2, 0) is 16.1 Å². The number of nitrogens with zero attached hydrogens (tertiary/aromatic N) is 2. The number of cyclic esters (lactones) is 1. The molecule has 0 N–H and O–H groups in total. The number of nitro groups is 1. The molecule has 0 radical (unpaired) electrons. The molecule has 0 bridgehead atoms. The SMILES string of the molecule is Cc1ccc(C2=N/C(=C/c3ccc(OCc4cccc(F)c4)cc3)C(=O)O2)cc1[N+](=O)[O-]. The summed E-state index contributed by atoms with van der Waals surface area (Å²) in [4.78, 5) is 27.0. The van der Waals surface area contributed by atoms with E-state index in [1.54, 1.807) is 61.5 Å². The van der Waals surface area contributed by atoms with Gasteiger partial charge in [0.1, 0.15) is 18.2 Å². The summed E-state index contributed by atoms with van der Waals surface area (Å²) in [6.07, 6.45) is 1.55. The molecule has 4 rings (SSSR count). The number of aliphatic imine (C=N–C) groups is 1. The van der Waals surface area contributed by atoms with Gasteiger partial charge in [-0.1, -0.05) is 30.3 Å². The average molecular weight is 432 g/mol. The van der Waals surface area contributed by atoms with Crippen LogP contribution in [0.25, 0.3) is 6.08 Å². The monoisotopic (exact) mass is 432 g/mol. The van der Waals surface area contributed by atoms with E-state index in [1.165, 1.54) is 18.2 Å². The summed E-state index contributed by atoms with van der Waals surface area (Å²) in [5, 5.41) is 11.1. The number of benzene rings is 3. The van der Waals surface area contributed by atoms with Gasteiger partial charge in [0.25, 0.3) is 5.69 Å². The van der Waals surface area contributed by atoms with E-state index in [1.807, 2.05) is 0 Å². The number of aryl methyl sites for hydroxylation is 1. The molecule has 0 saturated carbocycles. The highest BCUT2D eigenvalue weighted by molar-refractivity contribution is 6.13. The van der Waals surface area contributed by atoms with Crippen molar-refractivity contribution in [2.75, 3.05) is 0 Å². The van der Waals surface area contributed by atoms with Crippen LogP contribution in [0.5, 0.6) is 5.75 Å². The van der Waals surface area contributed by atoms with Crippen LogP contribution in [0.15, 0.2) is 77.4 Å². The van der Waals surface area contributed by atoms with E-state index >= 15 is 0 Å². The molecular weight excluding hydrogens is 415 g/mol. The molecule has 8 heteroatoms. The number of hydrogen-bond donors (Lipinski definition) is 0. The summed E-state index contributed by atoms with van der Waals surface area (Å²) in [6.45, 7) is 1.85. The lowest BCUT2D eigenvalue weighted by molar-refractivity contribution is -0.385. The molecule has 3 aromatic rings. The molecule has 1 aliphatic heterocycles. The van der Waals surface area contributed by atoms with Gasteiger partial charge in [-0.15, -0.1) is 0 Å². The van der Waals surface area contributed by atoms with Crippen LogP contribution in [-0.4, -0.2) is 16.8 Å². The van der Waals surface area contributed by atoms with Crippen LogP contribution < -0.4 is 4.74 Å². The Morgan fingerprint density at radius 2 is 1.91 bits per heavy atom. The summed E-state index contributed by atoms with van der Waals surface area (Å²) < 4.78 is 24.1. The Bertz CT molecular complexity index is 1270. The van der Waals surface area contributed by atoms with Crippen LogP contribution >= 0.6 is 0 Å². The highest BCUT2D eigenvalue weighted by atomic mass is 19.1. The summed E-state index contributed by atoms with van der Waals surface area (Å²) in [5.41, 5.74) is 2.25. The molecule has 1 aliphatic rings. The molecule has 160 valence electrons. The number of ether oxygens (including phenoxy) is 2. The molecule has 0 saturated heterocycles. The van der Waals surface area contributed by atoms with E-state index in [0.717, 1.165) is 0 Å². The van der Waals surface area contributed by atoms with E-state index in [-0.39, 0.29) is 29.7 Å². The van der Waals surface area contributed by atoms with Crippen molar-refractivity contribution in [1.82, 2.24) is 0 Å². The Hall–Kier alpha value is -4.33. The Kier molecular flexibility index (Phi) is 5.76. The van der Waals surface area contributed by atoms with Gasteiger partial charge in [-0.3, -0.25) is 10.1 Å². The molecular formula is C24H17FN2O5. The molecule has 0 fully saturated rings. The molecule has 0 spiro atoms. The topological polar surface area (TPSA) is 91.0 Å². The third-order valence-corrected chi connectivity index (χ3v) is 4.75. The van der Waals surface area contributed by atoms with Crippen molar-refractivity contribution in [2.45, 2.75) is 13.5 Å². The largest absolute Gasteiger partial charge is 0.489 e. The van der Waals surface area contributed by atoms with Gasteiger partial charge < -0.3 is 9.47 Å². The van der Waals surface area contributed by atoms with Gasteiger partial charge >= 0.3 is 5.97 Å². The molecule has 0 amide bonds. The van der Waals surface area contributed by atoms with Crippen molar-refractivity contribution in [3.05, 3.63) is 111 Å². The Morgan fingerprint density at radius 3 is 2.62 bits per heavy atom. The Morgan fingerprint density at radius 1 is 1.12 bits per heavy atom. The number of carbonyl (C=O) groups excluding carboxylic acids is 1. The predicted octanol–water partition coefficient (Wildman–Crippen LogP) is 4.97. The molecule has 0 aliphatic carbocycles. The number of halogens is 1. The minimum atomic E-state index is -0.644. The van der Waals surface area contributed by atoms with Gasteiger partial charge in [-0.25, -0.2) is 14.2 Å². The summed E-state index contributed by atoms with van der Waals surface area (Å²) in [7, 11) is 0. The van der Waals surface area contributed by atoms with Crippen molar-refractivity contribution < 1.29 is 23.6 Å². The standard InChI is InChI=1S/C24H17FN2O5/c1-15-5-8-18(13-22(15)27(29)30)23-26-21(24(28)32-23)12-16-6-9-20(10-7-16)31-14-17-3-2-4-19(25)11-17/h2-13H,14H2,1H3/b21-12+. The van der Waals surface area contributed by atoms with Gasteiger partial charge in [-0.2, -0.15) is 0 Å². The minimum absolute atomic E-state index is 0.0133. The molecule has 32 heavy (non-hydrogen) atoms. The van der Waals surface area contributed by atoms with E-state index in [4.69, 9.17) is 9.47 Å².